The lowest BCUT2D eigenvalue weighted by molar-refractivity contribution is 0.188. The predicted molar refractivity (Wildman–Crippen MR) is 83.9 cm³/mol. The average Bonchev–Trinajstić information content (AvgIpc) is 2.85. The number of nitrogens with two attached hydrogens (primary N) is 1. The van der Waals surface area contributed by atoms with Crippen molar-refractivity contribution in [3.05, 3.63) is 17.5 Å². The van der Waals surface area contributed by atoms with Gasteiger partial charge in [0.25, 0.3) is 0 Å². The second kappa shape index (κ2) is 5.61. The van der Waals surface area contributed by atoms with Gasteiger partial charge in [0.1, 0.15) is 10.7 Å². The molecule has 0 aliphatic carbocycles. The number of fused-ring (bicyclic) bond motifs is 1. The Hall–Kier alpha value is -1.27. The van der Waals surface area contributed by atoms with Gasteiger partial charge < -0.3 is 16.0 Å². The van der Waals surface area contributed by atoms with Crippen molar-refractivity contribution in [3.8, 4) is 0 Å². The van der Waals surface area contributed by atoms with E-state index in [0.29, 0.717) is 22.7 Å². The summed E-state index contributed by atoms with van der Waals surface area (Å²) in [6.45, 7) is 4.38. The SMILES string of the molecule is Cc1cc(C(N)=S)nc(NC2CCN3CCCC3C2)n1. The molecule has 20 heavy (non-hydrogen) atoms. The number of piperidine rings is 1. The number of thiocarbonyl (C=S) groups is 1. The number of hydrogen-bond donors (Lipinski definition) is 2. The topological polar surface area (TPSA) is 67.1 Å². The van der Waals surface area contributed by atoms with Crippen LogP contribution in [0.25, 0.3) is 0 Å². The van der Waals surface area contributed by atoms with Crippen LogP contribution in [0.4, 0.5) is 5.95 Å². The first-order valence-corrected chi connectivity index (χ1v) is 7.69. The summed E-state index contributed by atoms with van der Waals surface area (Å²) in [7, 11) is 0. The molecule has 5 nitrogen and oxygen atoms in total. The Balaban J connectivity index is 1.70. The summed E-state index contributed by atoms with van der Waals surface area (Å²) in [5.41, 5.74) is 7.20. The lowest BCUT2D eigenvalue weighted by Crippen LogP contribution is -2.43. The first kappa shape index (κ1) is 13.7. The van der Waals surface area contributed by atoms with Gasteiger partial charge in [0.15, 0.2) is 0 Å². The Labute approximate surface area is 125 Å². The Bertz CT molecular complexity index is 518. The van der Waals surface area contributed by atoms with Crippen molar-refractivity contribution in [2.24, 2.45) is 5.73 Å². The standard InChI is InChI=1S/C14H21N5S/c1-9-7-12(13(15)20)18-14(16-9)17-10-4-6-19-5-2-3-11(19)8-10/h7,10-11H,2-6,8H2,1H3,(H2,15,20)(H,16,17,18). The molecule has 1 aromatic rings. The zero-order chi connectivity index (χ0) is 14.1. The van der Waals surface area contributed by atoms with E-state index in [1.807, 2.05) is 13.0 Å². The number of anilines is 1. The molecule has 0 spiro atoms. The molecular weight excluding hydrogens is 270 g/mol. The molecule has 2 atom stereocenters. The number of hydrogen-bond acceptors (Lipinski definition) is 5. The highest BCUT2D eigenvalue weighted by molar-refractivity contribution is 7.80. The van der Waals surface area contributed by atoms with Crippen LogP contribution in [-0.4, -0.2) is 45.0 Å². The zero-order valence-corrected chi connectivity index (χ0v) is 12.6. The third kappa shape index (κ3) is 2.91. The van der Waals surface area contributed by atoms with Crippen molar-refractivity contribution in [3.63, 3.8) is 0 Å². The Morgan fingerprint density at radius 2 is 2.25 bits per heavy atom. The highest BCUT2D eigenvalue weighted by atomic mass is 32.1. The molecule has 3 N–H and O–H groups in total. The van der Waals surface area contributed by atoms with Gasteiger partial charge in [-0.2, -0.15) is 0 Å². The van der Waals surface area contributed by atoms with Crippen molar-refractivity contribution in [2.75, 3.05) is 18.4 Å². The summed E-state index contributed by atoms with van der Waals surface area (Å²) in [4.78, 5) is 11.8. The lowest BCUT2D eigenvalue weighted by Gasteiger charge is -2.35. The molecule has 0 bridgehead atoms. The molecule has 3 rings (SSSR count). The molecule has 108 valence electrons. The molecule has 2 saturated heterocycles. The van der Waals surface area contributed by atoms with Gasteiger partial charge in [-0.3, -0.25) is 0 Å². The van der Waals surface area contributed by atoms with Gasteiger partial charge >= 0.3 is 0 Å². The first-order valence-electron chi connectivity index (χ1n) is 7.28. The average molecular weight is 291 g/mol. The van der Waals surface area contributed by atoms with Crippen LogP contribution in [0.3, 0.4) is 0 Å². The molecule has 2 aliphatic rings. The fourth-order valence-corrected chi connectivity index (χ4v) is 3.40. The monoisotopic (exact) mass is 291 g/mol. The maximum absolute atomic E-state index is 5.66. The summed E-state index contributed by atoms with van der Waals surface area (Å²) in [5.74, 6) is 0.657. The van der Waals surface area contributed by atoms with Gasteiger partial charge in [-0.25, -0.2) is 9.97 Å². The van der Waals surface area contributed by atoms with Crippen LogP contribution in [0, 0.1) is 6.92 Å². The highest BCUT2D eigenvalue weighted by Gasteiger charge is 2.31. The third-order valence-corrected chi connectivity index (χ3v) is 4.47. The molecular formula is C14H21N5S. The van der Waals surface area contributed by atoms with Crippen LogP contribution in [-0.2, 0) is 0 Å². The molecule has 3 heterocycles. The minimum atomic E-state index is 0.323. The van der Waals surface area contributed by atoms with Crippen LogP contribution >= 0.6 is 12.2 Å². The van der Waals surface area contributed by atoms with Gasteiger partial charge in [0, 0.05) is 24.3 Å². The molecule has 0 amide bonds. The van der Waals surface area contributed by atoms with Gasteiger partial charge in [-0.05, 0) is 45.2 Å². The van der Waals surface area contributed by atoms with Crippen molar-refractivity contribution in [1.29, 1.82) is 0 Å². The second-order valence-corrected chi connectivity index (χ2v) is 6.22. The molecule has 6 heteroatoms. The van der Waals surface area contributed by atoms with E-state index in [1.165, 1.54) is 32.4 Å². The number of aromatic nitrogens is 2. The van der Waals surface area contributed by atoms with E-state index in [-0.39, 0.29) is 0 Å². The second-order valence-electron chi connectivity index (χ2n) is 5.78. The van der Waals surface area contributed by atoms with E-state index < -0.39 is 0 Å². The third-order valence-electron chi connectivity index (χ3n) is 4.26. The molecule has 0 aromatic carbocycles. The summed E-state index contributed by atoms with van der Waals surface area (Å²) >= 11 is 5.00. The van der Waals surface area contributed by atoms with E-state index >= 15 is 0 Å². The molecule has 0 radical (unpaired) electrons. The molecule has 1 aromatic heterocycles. The van der Waals surface area contributed by atoms with E-state index in [0.717, 1.165) is 18.2 Å². The minimum Gasteiger partial charge on any atom is -0.388 e. The predicted octanol–water partition coefficient (Wildman–Crippen LogP) is 1.46. The van der Waals surface area contributed by atoms with E-state index in [1.54, 1.807) is 0 Å². The lowest BCUT2D eigenvalue weighted by atomic mass is 9.98. The van der Waals surface area contributed by atoms with Crippen molar-refractivity contribution < 1.29 is 0 Å². The minimum absolute atomic E-state index is 0.323. The highest BCUT2D eigenvalue weighted by Crippen LogP contribution is 2.28. The van der Waals surface area contributed by atoms with Gasteiger partial charge in [-0.1, -0.05) is 12.2 Å². The summed E-state index contributed by atoms with van der Waals surface area (Å²) in [5, 5.41) is 3.47. The van der Waals surface area contributed by atoms with Crippen molar-refractivity contribution in [2.45, 2.75) is 44.7 Å². The van der Waals surface area contributed by atoms with Gasteiger partial charge in [0.2, 0.25) is 5.95 Å². The Kier molecular flexibility index (Phi) is 3.85. The number of nitrogens with one attached hydrogen (secondary N) is 1. The van der Waals surface area contributed by atoms with E-state index in [4.69, 9.17) is 18.0 Å². The van der Waals surface area contributed by atoms with Crippen LogP contribution in [0.15, 0.2) is 6.07 Å². The Morgan fingerprint density at radius 3 is 3.05 bits per heavy atom. The summed E-state index contributed by atoms with van der Waals surface area (Å²) in [6, 6.07) is 3.02. The first-order chi connectivity index (χ1) is 9.61. The zero-order valence-electron chi connectivity index (χ0n) is 11.8. The van der Waals surface area contributed by atoms with Gasteiger partial charge in [-0.15, -0.1) is 0 Å². The van der Waals surface area contributed by atoms with Crippen LogP contribution < -0.4 is 11.1 Å². The smallest absolute Gasteiger partial charge is 0.223 e. The molecule has 2 unspecified atom stereocenters. The number of rotatable bonds is 3. The van der Waals surface area contributed by atoms with E-state index in [9.17, 15) is 0 Å². The normalized spacial score (nSPS) is 26.2. The van der Waals surface area contributed by atoms with Crippen molar-refractivity contribution >= 4 is 23.2 Å². The maximum atomic E-state index is 5.66. The fourth-order valence-electron chi connectivity index (χ4n) is 3.30. The molecule has 0 saturated carbocycles. The Morgan fingerprint density at radius 1 is 1.40 bits per heavy atom. The van der Waals surface area contributed by atoms with Crippen LogP contribution in [0.2, 0.25) is 0 Å². The fraction of sp³-hybridized carbons (Fsp3) is 0.643. The van der Waals surface area contributed by atoms with Crippen molar-refractivity contribution in [1.82, 2.24) is 14.9 Å². The summed E-state index contributed by atoms with van der Waals surface area (Å²) < 4.78 is 0. The quantitative estimate of drug-likeness (QED) is 0.822. The maximum Gasteiger partial charge on any atom is 0.223 e. The van der Waals surface area contributed by atoms with Crippen LogP contribution in [0.5, 0.6) is 0 Å². The largest absolute Gasteiger partial charge is 0.388 e. The summed E-state index contributed by atoms with van der Waals surface area (Å²) in [6.07, 6.45) is 4.99. The van der Waals surface area contributed by atoms with Gasteiger partial charge in [0.05, 0.1) is 0 Å². The number of aryl methyl sites for hydroxylation is 1. The molecule has 2 fully saturated rings. The van der Waals surface area contributed by atoms with E-state index in [2.05, 4.69) is 20.2 Å². The number of nitrogens with zero attached hydrogens (tertiary/aromatic N) is 3. The molecule has 2 aliphatic heterocycles. The van der Waals surface area contributed by atoms with Crippen LogP contribution in [0.1, 0.15) is 37.1 Å².